The predicted molar refractivity (Wildman–Crippen MR) is 325 cm³/mol. The number of phenols is 1. The van der Waals surface area contributed by atoms with Crippen LogP contribution < -0.4 is 32.0 Å². The average Bonchev–Trinajstić information content (AvgIpc) is 0.677. The highest BCUT2D eigenvalue weighted by Gasteiger charge is 2.69. The van der Waals surface area contributed by atoms with Gasteiger partial charge in [0, 0.05) is 71.9 Å². The van der Waals surface area contributed by atoms with Gasteiger partial charge in [0.1, 0.15) is 23.4 Å². The van der Waals surface area contributed by atoms with Crippen molar-refractivity contribution in [2.45, 2.75) is 145 Å². The van der Waals surface area contributed by atoms with E-state index in [1.165, 1.54) is 19.1 Å². The summed E-state index contributed by atoms with van der Waals surface area (Å²) < 4.78 is 31.2. The zero-order valence-electron chi connectivity index (χ0n) is 50.2. The summed E-state index contributed by atoms with van der Waals surface area (Å²) in [6.07, 6.45) is 0.445. The number of ketones is 2. The minimum absolute atomic E-state index is 0.00610. The first-order chi connectivity index (χ1) is 42.6. The Kier molecular flexibility index (Phi) is 17.1. The summed E-state index contributed by atoms with van der Waals surface area (Å²) in [7, 11) is 1.89. The molecule has 4 aromatic carbocycles. The molecule has 14 atom stereocenters. The van der Waals surface area contributed by atoms with E-state index in [1.807, 2.05) is 25.2 Å². The molecule has 0 unspecified atom stereocenters. The number of nitrogens with one attached hydrogen (secondary N) is 1. The second kappa shape index (κ2) is 24.4. The average molecular weight is 1220 g/mol. The zero-order valence-corrected chi connectivity index (χ0v) is 50.2. The lowest BCUT2D eigenvalue weighted by Crippen LogP contribution is -2.67. The summed E-state index contributed by atoms with van der Waals surface area (Å²) in [5, 5.41) is 88.1. The van der Waals surface area contributed by atoms with Crippen LogP contribution in [0.15, 0.2) is 47.5 Å². The minimum Gasteiger partial charge on any atom is -0.507 e. The van der Waals surface area contributed by atoms with Crippen LogP contribution in [0.4, 0.5) is 0 Å². The van der Waals surface area contributed by atoms with Crippen molar-refractivity contribution in [2.75, 3.05) is 40.0 Å². The Morgan fingerprint density at radius 2 is 1.78 bits per heavy atom. The van der Waals surface area contributed by atoms with Gasteiger partial charge in [0.05, 0.1) is 49.2 Å². The molecule has 2 saturated heterocycles. The molecular weight excluding hydrogens is 1140 g/mol. The van der Waals surface area contributed by atoms with E-state index in [0.29, 0.717) is 42.9 Å². The summed E-state index contributed by atoms with van der Waals surface area (Å²) >= 11 is 0. The van der Waals surface area contributed by atoms with E-state index >= 15 is 9.59 Å². The molecule has 12 rings (SSSR count). The van der Waals surface area contributed by atoms with E-state index in [4.69, 9.17) is 40.9 Å². The number of aliphatic imine (C=N–C) groups is 1. The van der Waals surface area contributed by atoms with Crippen LogP contribution in [0.25, 0.3) is 12.2 Å². The number of hydrogen-bond donors (Lipinski definition) is 11. The number of aromatic hydroxyl groups is 1. The van der Waals surface area contributed by atoms with Crippen molar-refractivity contribution in [3.8, 4) is 29.1 Å². The van der Waals surface area contributed by atoms with Crippen molar-refractivity contribution in [3.63, 3.8) is 0 Å². The maximum Gasteiger partial charge on any atom is 0.308 e. The standard InChI is InChI=1S/C68H79N5O16/c1-33-62(81)68(83,84)63(86-21-19-73-65(70)71)64(87-33)89-61-45-9-5-8-42(69)13-14-43(77)24-36-7-4-6-35(22-36)10-15-44-50(88-34(2)76)26-40(30-74)51-52(44)60(80)53(45)54(59(51)79)58(78)48(61)25-38-11-16-47-56-46-17-12-41-32-85-20-18-66(41,56)28-39-23-37(29-72-3)27-67(82,55(39)46)57(47)49(38)31-75/h4,6-7,10-11,15-16,22,26,31,33,37,39,41-43,46,55-56,62-64,72,74,77-78,81-84H,9,12-14,17-21,23-25,27-30,32,69H2,1-3H3,(H4,70,71,73)/b15-10+/t33-,37-,39+,41-,42-,43-,46-,55+,56-,62+,63-,64+,66-,67-/m0/s1. The molecule has 0 aromatic heterocycles. The fraction of sp³-hybridized carbons (Fsp3) is 0.515. The quantitative estimate of drug-likeness (QED) is 0.0117. The first kappa shape index (κ1) is 62.3. The fourth-order valence-corrected chi connectivity index (χ4v) is 17.3. The summed E-state index contributed by atoms with van der Waals surface area (Å²) in [6.45, 7) is 2.94. The molecule has 5 fully saturated rings. The predicted octanol–water partition coefficient (Wildman–Crippen LogP) is 3.54. The van der Waals surface area contributed by atoms with Gasteiger partial charge >= 0.3 is 5.97 Å². The highest BCUT2D eigenvalue weighted by molar-refractivity contribution is 6.32. The van der Waals surface area contributed by atoms with E-state index in [-0.39, 0.29) is 130 Å². The Balaban J connectivity index is 1.12. The molecule has 2 aliphatic heterocycles. The number of rotatable bonds is 13. The fourth-order valence-electron chi connectivity index (χ4n) is 17.3. The van der Waals surface area contributed by atoms with Crippen molar-refractivity contribution in [1.82, 2.24) is 5.32 Å². The minimum atomic E-state index is -3.13. The first-order valence-corrected chi connectivity index (χ1v) is 31.0. The van der Waals surface area contributed by atoms with Crippen LogP contribution in [0, 0.1) is 46.8 Å². The summed E-state index contributed by atoms with van der Waals surface area (Å²) in [4.78, 5) is 63.6. The Labute approximate surface area is 515 Å². The molecule has 0 amide bonds. The molecule has 3 saturated carbocycles. The van der Waals surface area contributed by atoms with Crippen molar-refractivity contribution < 1.29 is 78.6 Å². The third-order valence-electron chi connectivity index (χ3n) is 20.7. The number of benzene rings is 4. The highest BCUT2D eigenvalue weighted by atomic mass is 16.7. The van der Waals surface area contributed by atoms with Gasteiger partial charge in [0.15, 0.2) is 29.9 Å². The van der Waals surface area contributed by atoms with Gasteiger partial charge in [-0.05, 0) is 165 Å². The number of nitrogens with zero attached hydrogens (tertiary/aromatic N) is 1. The van der Waals surface area contributed by atoms with Gasteiger partial charge in [-0.3, -0.25) is 24.2 Å². The lowest BCUT2D eigenvalue weighted by atomic mass is 9.36. The van der Waals surface area contributed by atoms with Crippen LogP contribution in [-0.2, 0) is 50.5 Å². The van der Waals surface area contributed by atoms with Gasteiger partial charge in [-0.2, -0.15) is 0 Å². The van der Waals surface area contributed by atoms with E-state index < -0.39 is 102 Å². The van der Waals surface area contributed by atoms with E-state index in [2.05, 4.69) is 22.2 Å². The maximum absolute atomic E-state index is 16.3. The molecule has 1 spiro atoms. The molecular formula is C68H79N5O16. The van der Waals surface area contributed by atoms with E-state index in [1.54, 1.807) is 24.3 Å². The third kappa shape index (κ3) is 10.8. The van der Waals surface area contributed by atoms with Crippen LogP contribution in [0.5, 0.6) is 17.2 Å². The molecule has 6 aliphatic carbocycles. The summed E-state index contributed by atoms with van der Waals surface area (Å²) in [5.74, 6) is -0.843. The van der Waals surface area contributed by atoms with Gasteiger partial charge in [-0.15, -0.1) is 0 Å². The molecule has 0 radical (unpaired) electrons. The van der Waals surface area contributed by atoms with Crippen molar-refractivity contribution in [2.24, 2.45) is 57.2 Å². The second-order valence-corrected chi connectivity index (χ2v) is 25.9. The van der Waals surface area contributed by atoms with Crippen LogP contribution in [0.3, 0.4) is 0 Å². The van der Waals surface area contributed by atoms with Gasteiger partial charge in [-0.1, -0.05) is 54.3 Å². The lowest BCUT2D eigenvalue weighted by molar-refractivity contribution is -0.378. The number of ether oxygens (including phenoxy) is 5. The van der Waals surface area contributed by atoms with E-state index in [0.717, 1.165) is 56.4 Å². The number of aldehydes is 1. The summed E-state index contributed by atoms with van der Waals surface area (Å²) in [5.41, 5.74) is 17.5. The number of carbonyl (C=O) groups excluding carboxylic acids is 4. The number of carbonyl (C=O) groups is 4. The Bertz CT molecular complexity index is 3640. The van der Waals surface area contributed by atoms with Gasteiger partial charge < -0.3 is 81.9 Å². The molecule has 8 aliphatic rings. The topological polar surface area (TPSA) is 358 Å². The van der Waals surface area contributed by atoms with Gasteiger partial charge in [-0.25, -0.2) is 0 Å². The number of hydrogen-bond acceptors (Lipinski definition) is 19. The molecule has 21 heteroatoms. The maximum atomic E-state index is 16.3. The molecule has 89 heavy (non-hydrogen) atoms. The molecule has 21 nitrogen and oxygen atoms in total. The van der Waals surface area contributed by atoms with E-state index in [9.17, 15) is 45.3 Å². The van der Waals surface area contributed by atoms with Crippen molar-refractivity contribution in [1.29, 1.82) is 0 Å². The number of fused-ring (bicyclic) bond motifs is 4. The number of aliphatic hydroxyl groups is 6. The van der Waals surface area contributed by atoms with Crippen molar-refractivity contribution >= 4 is 41.9 Å². The number of aliphatic hydroxyl groups excluding tert-OH is 3. The van der Waals surface area contributed by atoms with Crippen LogP contribution in [0.2, 0.25) is 0 Å². The number of nitrogens with two attached hydrogens (primary N) is 3. The Hall–Kier alpha value is -6.91. The lowest BCUT2D eigenvalue weighted by Gasteiger charge is -2.69. The molecule has 472 valence electrons. The Morgan fingerprint density at radius 1 is 0.978 bits per heavy atom. The zero-order chi connectivity index (χ0) is 63.0. The monoisotopic (exact) mass is 1220 g/mol. The van der Waals surface area contributed by atoms with Crippen LogP contribution in [-0.4, -0.2) is 148 Å². The molecule has 4 aromatic rings. The van der Waals surface area contributed by atoms with Crippen LogP contribution in [0.1, 0.15) is 163 Å². The van der Waals surface area contributed by atoms with Crippen LogP contribution >= 0.6 is 0 Å². The normalized spacial score (nSPS) is 31.7. The number of phenolic OH excluding ortho intramolecular Hbond substituents is 1. The second-order valence-electron chi connectivity index (χ2n) is 25.9. The number of guanidine groups is 1. The van der Waals surface area contributed by atoms with Crippen molar-refractivity contribution in [3.05, 3.63) is 120 Å². The Morgan fingerprint density at radius 3 is 2.53 bits per heavy atom. The highest BCUT2D eigenvalue weighted by Crippen LogP contribution is 2.74. The molecule has 2 heterocycles. The molecule has 8 bridgehead atoms. The van der Waals surface area contributed by atoms with Gasteiger partial charge in [0.25, 0.3) is 0 Å². The first-order valence-electron chi connectivity index (χ1n) is 31.0. The third-order valence-corrected chi connectivity index (χ3v) is 20.7. The summed E-state index contributed by atoms with van der Waals surface area (Å²) in [6, 6.07) is 11.5. The smallest absolute Gasteiger partial charge is 0.308 e. The van der Waals surface area contributed by atoms with Gasteiger partial charge in [0.2, 0.25) is 12.1 Å². The SMILES string of the molecule is CNC[C@H]1C[C@@H]2C[C@@]34CCOC[C@@H]3CC[C@H]3[C@@H]2[C@@](O)(C1)c1c(ccc(Cc2c(O)c5c6c(c2O[C@H]2O[C@@H](C)[C@@H](O)C(O)(O)[C@H]2OCCN=C(N)N)CC#C[C@H](N)CC[C@H](O)Cc2cccc(c2)/C=C/c2c(OC(C)=O)cc(CO)c(c2C6=O)C5=O)c1C=O)[C@H]34. The number of esters is 1. The molecule has 14 N–H and O–H groups in total. The largest absolute Gasteiger partial charge is 0.507 e.